The van der Waals surface area contributed by atoms with Crippen LogP contribution in [-0.4, -0.2) is 70.2 Å². The summed E-state index contributed by atoms with van der Waals surface area (Å²) in [4.78, 5) is 38.0. The first-order valence-corrected chi connectivity index (χ1v) is 9.42. The van der Waals surface area contributed by atoms with Crippen molar-refractivity contribution in [2.24, 2.45) is 0 Å². The average molecular weight is 381 g/mol. The summed E-state index contributed by atoms with van der Waals surface area (Å²) < 4.78 is 0. The number of hydrogen-bond acceptors (Lipinski definition) is 6. The van der Waals surface area contributed by atoms with Crippen LogP contribution in [0.15, 0.2) is 29.2 Å². The number of aliphatic carboxylic acids is 1. The fourth-order valence-corrected chi connectivity index (χ4v) is 3.81. The van der Waals surface area contributed by atoms with Crippen LogP contribution < -0.4 is 0 Å². The standard InChI is InChI=1S/C17H23N3O5S/c1-18(11-17(22)23)13-3-2-9-19(10-8-13)16(21)12-26-15-6-4-14(5-7-15)20(24)25/h4-7,13H,2-3,8-12H2,1H3,(H,22,23). The van der Waals surface area contributed by atoms with Crippen molar-refractivity contribution in [3.63, 3.8) is 0 Å². The molecule has 1 heterocycles. The van der Waals surface area contributed by atoms with Gasteiger partial charge < -0.3 is 10.0 Å². The van der Waals surface area contributed by atoms with Crippen molar-refractivity contribution in [2.75, 3.05) is 32.4 Å². The Morgan fingerprint density at radius 2 is 2.00 bits per heavy atom. The van der Waals surface area contributed by atoms with Crippen LogP contribution >= 0.6 is 11.8 Å². The number of nitro benzene ring substituents is 1. The fourth-order valence-electron chi connectivity index (χ4n) is 3.01. The van der Waals surface area contributed by atoms with Crippen molar-refractivity contribution in [1.82, 2.24) is 9.80 Å². The second kappa shape index (κ2) is 9.54. The van der Waals surface area contributed by atoms with E-state index in [2.05, 4.69) is 0 Å². The smallest absolute Gasteiger partial charge is 0.317 e. The third kappa shape index (κ3) is 5.99. The molecule has 1 aliphatic rings. The van der Waals surface area contributed by atoms with Gasteiger partial charge in [0.15, 0.2) is 0 Å². The van der Waals surface area contributed by atoms with Gasteiger partial charge in [0, 0.05) is 36.2 Å². The van der Waals surface area contributed by atoms with Crippen LogP contribution in [0.3, 0.4) is 0 Å². The summed E-state index contributed by atoms with van der Waals surface area (Å²) in [7, 11) is 1.81. The zero-order chi connectivity index (χ0) is 19.1. The molecule has 0 bridgehead atoms. The Labute approximate surface area is 156 Å². The number of carboxylic acids is 1. The van der Waals surface area contributed by atoms with Crippen molar-refractivity contribution in [3.05, 3.63) is 34.4 Å². The molecule has 0 aliphatic carbocycles. The van der Waals surface area contributed by atoms with Gasteiger partial charge in [-0.05, 0) is 38.4 Å². The third-order valence-electron chi connectivity index (χ3n) is 4.47. The zero-order valence-electron chi connectivity index (χ0n) is 14.7. The lowest BCUT2D eigenvalue weighted by atomic mass is 10.1. The summed E-state index contributed by atoms with van der Waals surface area (Å²) in [6, 6.07) is 6.33. The number of rotatable bonds is 7. The normalized spacial score (nSPS) is 17.8. The van der Waals surface area contributed by atoms with Gasteiger partial charge in [0.25, 0.3) is 5.69 Å². The molecule has 1 aliphatic heterocycles. The second-order valence-electron chi connectivity index (χ2n) is 6.31. The SMILES string of the molecule is CN(CC(=O)O)C1CCCN(C(=O)CSc2ccc([N+](=O)[O-])cc2)CC1. The lowest BCUT2D eigenvalue weighted by Gasteiger charge is -2.25. The molecule has 142 valence electrons. The number of carbonyl (C=O) groups is 2. The molecule has 1 atom stereocenters. The van der Waals surface area contributed by atoms with E-state index in [1.165, 1.54) is 23.9 Å². The molecule has 0 aromatic heterocycles. The minimum Gasteiger partial charge on any atom is -0.480 e. The van der Waals surface area contributed by atoms with Gasteiger partial charge in [-0.1, -0.05) is 0 Å². The highest BCUT2D eigenvalue weighted by Crippen LogP contribution is 2.23. The molecule has 26 heavy (non-hydrogen) atoms. The van der Waals surface area contributed by atoms with E-state index in [9.17, 15) is 19.7 Å². The first-order valence-electron chi connectivity index (χ1n) is 8.44. The Balaban J connectivity index is 1.82. The molecular weight excluding hydrogens is 358 g/mol. The van der Waals surface area contributed by atoms with Crippen LogP contribution in [0, 0.1) is 10.1 Å². The van der Waals surface area contributed by atoms with Crippen molar-refractivity contribution in [1.29, 1.82) is 0 Å². The maximum absolute atomic E-state index is 12.4. The van der Waals surface area contributed by atoms with E-state index in [1.807, 2.05) is 9.80 Å². The van der Waals surface area contributed by atoms with Crippen molar-refractivity contribution in [2.45, 2.75) is 30.2 Å². The molecule has 0 saturated carbocycles. The van der Waals surface area contributed by atoms with Crippen LogP contribution in [0.4, 0.5) is 5.69 Å². The molecule has 2 rings (SSSR count). The largest absolute Gasteiger partial charge is 0.480 e. The number of hydrogen-bond donors (Lipinski definition) is 1. The molecule has 1 saturated heterocycles. The molecule has 1 unspecified atom stereocenters. The molecule has 1 aromatic rings. The van der Waals surface area contributed by atoms with Gasteiger partial charge in [-0.25, -0.2) is 0 Å². The van der Waals surface area contributed by atoms with Crippen molar-refractivity contribution < 1.29 is 19.6 Å². The summed E-state index contributed by atoms with van der Waals surface area (Å²) in [5.41, 5.74) is 0.0321. The predicted molar refractivity (Wildman–Crippen MR) is 98.3 cm³/mol. The van der Waals surface area contributed by atoms with Crippen molar-refractivity contribution in [3.8, 4) is 0 Å². The highest BCUT2D eigenvalue weighted by molar-refractivity contribution is 8.00. The lowest BCUT2D eigenvalue weighted by molar-refractivity contribution is -0.384. The minimum atomic E-state index is -0.843. The maximum Gasteiger partial charge on any atom is 0.317 e. The Bertz CT molecular complexity index is 652. The van der Waals surface area contributed by atoms with Crippen LogP contribution in [0.1, 0.15) is 19.3 Å². The summed E-state index contributed by atoms with van der Waals surface area (Å²) >= 11 is 1.36. The fraction of sp³-hybridized carbons (Fsp3) is 0.529. The van der Waals surface area contributed by atoms with Gasteiger partial charge >= 0.3 is 5.97 Å². The number of benzene rings is 1. The first kappa shape index (κ1) is 20.2. The minimum absolute atomic E-state index is 0.00854. The number of carboxylic acid groups (broad SMARTS) is 1. The average Bonchev–Trinajstić information content (AvgIpc) is 2.85. The molecule has 8 nitrogen and oxygen atoms in total. The van der Waals surface area contributed by atoms with Crippen LogP contribution in [0.25, 0.3) is 0 Å². The number of carbonyl (C=O) groups excluding carboxylic acids is 1. The second-order valence-corrected chi connectivity index (χ2v) is 7.36. The number of thioether (sulfide) groups is 1. The molecule has 1 amide bonds. The Morgan fingerprint density at radius 1 is 1.31 bits per heavy atom. The molecular formula is C17H23N3O5S. The Hall–Kier alpha value is -2.13. The monoisotopic (exact) mass is 381 g/mol. The van der Waals surface area contributed by atoms with E-state index >= 15 is 0 Å². The molecule has 0 radical (unpaired) electrons. The molecule has 1 N–H and O–H groups in total. The molecule has 0 spiro atoms. The molecule has 1 aromatic carbocycles. The topological polar surface area (TPSA) is 104 Å². The van der Waals surface area contributed by atoms with E-state index in [1.54, 1.807) is 19.2 Å². The van der Waals surface area contributed by atoms with E-state index in [0.29, 0.717) is 13.1 Å². The third-order valence-corrected chi connectivity index (χ3v) is 5.46. The van der Waals surface area contributed by atoms with E-state index < -0.39 is 10.9 Å². The van der Waals surface area contributed by atoms with Gasteiger partial charge in [-0.15, -0.1) is 11.8 Å². The van der Waals surface area contributed by atoms with Crippen LogP contribution in [-0.2, 0) is 9.59 Å². The summed E-state index contributed by atoms with van der Waals surface area (Å²) in [5, 5.41) is 19.6. The van der Waals surface area contributed by atoms with Crippen LogP contribution in [0.2, 0.25) is 0 Å². The van der Waals surface area contributed by atoms with Gasteiger partial charge in [0.05, 0.1) is 17.2 Å². The van der Waals surface area contributed by atoms with Gasteiger partial charge in [0.1, 0.15) is 0 Å². The highest BCUT2D eigenvalue weighted by Gasteiger charge is 2.24. The Kier molecular flexibility index (Phi) is 7.40. The number of amides is 1. The Morgan fingerprint density at radius 3 is 2.62 bits per heavy atom. The summed E-state index contributed by atoms with van der Waals surface area (Å²) in [5.74, 6) is -0.521. The van der Waals surface area contributed by atoms with Crippen molar-refractivity contribution >= 4 is 29.3 Å². The van der Waals surface area contributed by atoms with E-state index in [-0.39, 0.29) is 29.9 Å². The molecule has 9 heteroatoms. The number of nitro groups is 1. The van der Waals surface area contributed by atoms with E-state index in [4.69, 9.17) is 5.11 Å². The van der Waals surface area contributed by atoms with Crippen LogP contribution in [0.5, 0.6) is 0 Å². The quantitative estimate of drug-likeness (QED) is 0.438. The molecule has 1 fully saturated rings. The first-order chi connectivity index (χ1) is 12.4. The zero-order valence-corrected chi connectivity index (χ0v) is 15.5. The number of likely N-dealkylation sites (tertiary alicyclic amines) is 1. The van der Waals surface area contributed by atoms with E-state index in [0.717, 1.165) is 24.2 Å². The predicted octanol–water partition coefficient (Wildman–Crippen LogP) is 2.08. The maximum atomic E-state index is 12.4. The van der Waals surface area contributed by atoms with Gasteiger partial charge in [-0.3, -0.25) is 24.6 Å². The number of nitrogens with zero attached hydrogens (tertiary/aromatic N) is 3. The lowest BCUT2D eigenvalue weighted by Crippen LogP contribution is -2.37. The summed E-state index contributed by atoms with van der Waals surface area (Å²) in [6.07, 6.45) is 2.49. The number of likely N-dealkylation sites (N-methyl/N-ethyl adjacent to an activating group) is 1. The summed E-state index contributed by atoms with van der Waals surface area (Å²) in [6.45, 7) is 1.31. The van der Waals surface area contributed by atoms with Gasteiger partial charge in [0.2, 0.25) is 5.91 Å². The number of non-ortho nitro benzene ring substituents is 1. The van der Waals surface area contributed by atoms with Gasteiger partial charge in [-0.2, -0.15) is 0 Å². The highest BCUT2D eigenvalue weighted by atomic mass is 32.2.